The van der Waals surface area contributed by atoms with Crippen LogP contribution >= 0.6 is 0 Å². The molecule has 19 heavy (non-hydrogen) atoms. The molecule has 0 atom stereocenters. The second-order valence-electron chi connectivity index (χ2n) is 4.63. The largest absolute Gasteiger partial charge is 0.432 e. The van der Waals surface area contributed by atoms with Gasteiger partial charge in [0, 0.05) is 18.4 Å². The average Bonchev–Trinajstić information content (AvgIpc) is 2.35. The number of hydrogen-bond donors (Lipinski definition) is 1. The zero-order valence-electron chi connectivity index (χ0n) is 11.3. The van der Waals surface area contributed by atoms with Gasteiger partial charge in [-0.1, -0.05) is 12.1 Å². The fourth-order valence-corrected chi connectivity index (χ4v) is 1.79. The number of rotatable bonds is 3. The van der Waals surface area contributed by atoms with Gasteiger partial charge in [0.15, 0.2) is 5.75 Å². The molecule has 0 aliphatic heterocycles. The lowest BCUT2D eigenvalue weighted by Gasteiger charge is -2.13. The summed E-state index contributed by atoms with van der Waals surface area (Å²) in [6.07, 6.45) is 3.19. The van der Waals surface area contributed by atoms with Crippen molar-refractivity contribution < 1.29 is 4.74 Å². The zero-order valence-corrected chi connectivity index (χ0v) is 11.3. The Morgan fingerprint density at radius 3 is 2.74 bits per heavy atom. The van der Waals surface area contributed by atoms with E-state index in [2.05, 4.69) is 4.98 Å². The Balaban J connectivity index is 2.45. The van der Waals surface area contributed by atoms with Gasteiger partial charge in [-0.05, 0) is 32.4 Å². The standard InChI is InChI=1S/C14H17N3O2/c1-9(2)17-8-7-16-13(14(17)18)19-12-10(3)5-4-6-11(12)15/h4-9H,15H2,1-3H3. The SMILES string of the molecule is Cc1cccc(N)c1Oc1nccn(C(C)C)c1=O. The van der Waals surface area contributed by atoms with E-state index in [1.807, 2.05) is 32.9 Å². The highest BCUT2D eigenvalue weighted by molar-refractivity contribution is 5.57. The van der Waals surface area contributed by atoms with Crippen LogP contribution in [-0.4, -0.2) is 9.55 Å². The van der Waals surface area contributed by atoms with Crippen LogP contribution in [0.4, 0.5) is 5.69 Å². The molecule has 0 aliphatic rings. The van der Waals surface area contributed by atoms with Crippen LogP contribution in [0.3, 0.4) is 0 Å². The summed E-state index contributed by atoms with van der Waals surface area (Å²) in [5.41, 5.74) is 6.94. The average molecular weight is 259 g/mol. The monoisotopic (exact) mass is 259 g/mol. The number of nitrogen functional groups attached to an aromatic ring is 1. The van der Waals surface area contributed by atoms with E-state index < -0.39 is 0 Å². The summed E-state index contributed by atoms with van der Waals surface area (Å²) < 4.78 is 7.16. The summed E-state index contributed by atoms with van der Waals surface area (Å²) in [6.45, 7) is 5.72. The molecule has 0 saturated heterocycles. The number of nitrogens with two attached hydrogens (primary N) is 1. The van der Waals surface area contributed by atoms with Crippen LogP contribution in [0.15, 0.2) is 35.4 Å². The lowest BCUT2D eigenvalue weighted by atomic mass is 10.2. The van der Waals surface area contributed by atoms with E-state index in [0.29, 0.717) is 11.4 Å². The number of benzene rings is 1. The van der Waals surface area contributed by atoms with Gasteiger partial charge in [-0.25, -0.2) is 4.98 Å². The second-order valence-corrected chi connectivity index (χ2v) is 4.63. The van der Waals surface area contributed by atoms with Crippen LogP contribution in [0.5, 0.6) is 11.6 Å². The summed E-state index contributed by atoms with van der Waals surface area (Å²) in [5, 5.41) is 0. The van der Waals surface area contributed by atoms with Crippen LogP contribution in [0.1, 0.15) is 25.5 Å². The van der Waals surface area contributed by atoms with Crippen LogP contribution in [0.2, 0.25) is 0 Å². The van der Waals surface area contributed by atoms with Crippen molar-refractivity contribution in [3.63, 3.8) is 0 Å². The maximum atomic E-state index is 12.2. The summed E-state index contributed by atoms with van der Waals surface area (Å²) in [4.78, 5) is 16.2. The molecule has 1 aromatic carbocycles. The molecule has 0 saturated carbocycles. The molecule has 0 fully saturated rings. The molecule has 2 N–H and O–H groups in total. The topological polar surface area (TPSA) is 70.1 Å². The van der Waals surface area contributed by atoms with E-state index in [4.69, 9.17) is 10.5 Å². The van der Waals surface area contributed by atoms with Gasteiger partial charge in [0.05, 0.1) is 5.69 Å². The van der Waals surface area contributed by atoms with Crippen molar-refractivity contribution in [2.24, 2.45) is 0 Å². The van der Waals surface area contributed by atoms with Gasteiger partial charge < -0.3 is 15.0 Å². The smallest absolute Gasteiger partial charge is 0.313 e. The summed E-state index contributed by atoms with van der Waals surface area (Å²) in [7, 11) is 0. The second kappa shape index (κ2) is 5.14. The number of ether oxygens (including phenoxy) is 1. The Morgan fingerprint density at radius 2 is 2.11 bits per heavy atom. The first-order valence-corrected chi connectivity index (χ1v) is 6.10. The zero-order chi connectivity index (χ0) is 14.0. The Hall–Kier alpha value is -2.30. The van der Waals surface area contributed by atoms with Gasteiger partial charge in [-0.2, -0.15) is 0 Å². The van der Waals surface area contributed by atoms with Crippen molar-refractivity contribution in [1.29, 1.82) is 0 Å². The van der Waals surface area contributed by atoms with Crippen molar-refractivity contribution in [2.45, 2.75) is 26.8 Å². The van der Waals surface area contributed by atoms with E-state index >= 15 is 0 Å². The highest BCUT2D eigenvalue weighted by atomic mass is 16.5. The predicted octanol–water partition coefficient (Wildman–Crippen LogP) is 2.51. The minimum absolute atomic E-state index is 0.0391. The predicted molar refractivity (Wildman–Crippen MR) is 74.5 cm³/mol. The highest BCUT2D eigenvalue weighted by Gasteiger charge is 2.12. The number of anilines is 1. The molecule has 0 aliphatic carbocycles. The maximum absolute atomic E-state index is 12.2. The van der Waals surface area contributed by atoms with E-state index in [9.17, 15) is 4.79 Å². The van der Waals surface area contributed by atoms with Crippen LogP contribution < -0.4 is 16.0 Å². The minimum atomic E-state index is -0.264. The molecule has 2 rings (SSSR count). The number of para-hydroxylation sites is 1. The molecule has 2 aromatic rings. The molecule has 5 heteroatoms. The molecule has 0 bridgehead atoms. The molecule has 100 valence electrons. The molecule has 0 spiro atoms. The summed E-state index contributed by atoms with van der Waals surface area (Å²) in [5.74, 6) is 0.519. The normalized spacial score (nSPS) is 10.7. The molecule has 0 amide bonds. The van der Waals surface area contributed by atoms with Gasteiger partial charge in [0.25, 0.3) is 5.88 Å². The van der Waals surface area contributed by atoms with Crippen molar-refractivity contribution in [3.05, 3.63) is 46.5 Å². The Labute approximate surface area is 111 Å². The Kier molecular flexibility index (Phi) is 3.55. The fourth-order valence-electron chi connectivity index (χ4n) is 1.79. The summed E-state index contributed by atoms with van der Waals surface area (Å²) in [6, 6.07) is 5.48. The number of aryl methyl sites for hydroxylation is 1. The molecule has 0 radical (unpaired) electrons. The molecule has 1 aromatic heterocycles. The van der Waals surface area contributed by atoms with Crippen molar-refractivity contribution in [3.8, 4) is 11.6 Å². The first kappa shape index (κ1) is 13.1. The molecular weight excluding hydrogens is 242 g/mol. The lowest BCUT2D eigenvalue weighted by molar-refractivity contribution is 0.436. The Morgan fingerprint density at radius 1 is 1.37 bits per heavy atom. The van der Waals surface area contributed by atoms with Crippen molar-refractivity contribution in [1.82, 2.24) is 9.55 Å². The molecule has 0 unspecified atom stereocenters. The molecular formula is C14H17N3O2. The van der Waals surface area contributed by atoms with Gasteiger partial charge in [0.2, 0.25) is 0 Å². The Bertz CT molecular complexity index is 627. The maximum Gasteiger partial charge on any atom is 0.313 e. The third-order valence-electron chi connectivity index (χ3n) is 2.83. The van der Waals surface area contributed by atoms with E-state index in [1.165, 1.54) is 0 Å². The highest BCUT2D eigenvalue weighted by Crippen LogP contribution is 2.28. The lowest BCUT2D eigenvalue weighted by Crippen LogP contribution is -2.23. The third-order valence-corrected chi connectivity index (χ3v) is 2.83. The van der Waals surface area contributed by atoms with Gasteiger partial charge in [-0.15, -0.1) is 0 Å². The minimum Gasteiger partial charge on any atom is -0.432 e. The van der Waals surface area contributed by atoms with Crippen LogP contribution in [0.25, 0.3) is 0 Å². The first-order chi connectivity index (χ1) is 9.00. The van der Waals surface area contributed by atoms with Gasteiger partial charge >= 0.3 is 5.56 Å². The molecule has 1 heterocycles. The summed E-state index contributed by atoms with van der Waals surface area (Å²) >= 11 is 0. The van der Waals surface area contributed by atoms with E-state index in [1.54, 1.807) is 23.0 Å². The van der Waals surface area contributed by atoms with E-state index in [-0.39, 0.29) is 17.5 Å². The molecule has 5 nitrogen and oxygen atoms in total. The van der Waals surface area contributed by atoms with E-state index in [0.717, 1.165) is 5.56 Å². The third kappa shape index (κ3) is 2.59. The number of aromatic nitrogens is 2. The van der Waals surface area contributed by atoms with Gasteiger partial charge in [-0.3, -0.25) is 4.79 Å². The van der Waals surface area contributed by atoms with Gasteiger partial charge in [0.1, 0.15) is 0 Å². The number of hydrogen-bond acceptors (Lipinski definition) is 4. The van der Waals surface area contributed by atoms with Crippen LogP contribution in [0, 0.1) is 6.92 Å². The van der Waals surface area contributed by atoms with Crippen molar-refractivity contribution in [2.75, 3.05) is 5.73 Å². The first-order valence-electron chi connectivity index (χ1n) is 6.10. The van der Waals surface area contributed by atoms with Crippen molar-refractivity contribution >= 4 is 5.69 Å². The quantitative estimate of drug-likeness (QED) is 0.860. The van der Waals surface area contributed by atoms with Crippen LogP contribution in [-0.2, 0) is 0 Å². The fraction of sp³-hybridized carbons (Fsp3) is 0.286. The number of nitrogens with zero attached hydrogens (tertiary/aromatic N) is 2.